The lowest BCUT2D eigenvalue weighted by molar-refractivity contribution is -0.139. The molecular weight excluding hydrogens is 291 g/mol. The molecule has 0 aromatic heterocycles. The summed E-state index contributed by atoms with van der Waals surface area (Å²) in [6.45, 7) is 3.38. The molecule has 2 rings (SSSR count). The minimum atomic E-state index is -1.09. The van der Waals surface area contributed by atoms with Gasteiger partial charge in [-0.25, -0.2) is 4.79 Å². The number of hydrogen-bond acceptors (Lipinski definition) is 3. The molecule has 0 saturated heterocycles. The molecule has 1 unspecified atom stereocenters. The molecular formula is C13H14Cl2O4. The Morgan fingerprint density at radius 1 is 1.47 bits per heavy atom. The lowest BCUT2D eigenvalue weighted by atomic mass is 9.87. The second-order valence-corrected chi connectivity index (χ2v) is 6.08. The minimum Gasteiger partial charge on any atom is -0.480 e. The van der Waals surface area contributed by atoms with Gasteiger partial charge in [0.1, 0.15) is 10.8 Å². The van der Waals surface area contributed by atoms with Crippen LogP contribution in [0.5, 0.6) is 5.75 Å². The topological polar surface area (TPSA) is 66.8 Å². The summed E-state index contributed by atoms with van der Waals surface area (Å²) in [5, 5.41) is 19.2. The molecule has 0 bridgehead atoms. The SMILES string of the molecule is CC1(C)Cc2cc(OCC(=O)O)c(Cl)c(Cl)c2C1O. The van der Waals surface area contributed by atoms with Crippen molar-refractivity contribution in [2.24, 2.45) is 5.41 Å². The summed E-state index contributed by atoms with van der Waals surface area (Å²) < 4.78 is 5.11. The molecule has 2 N–H and O–H groups in total. The molecule has 0 aliphatic heterocycles. The average Bonchev–Trinajstić information content (AvgIpc) is 2.53. The van der Waals surface area contributed by atoms with Gasteiger partial charge in [0, 0.05) is 5.56 Å². The highest BCUT2D eigenvalue weighted by molar-refractivity contribution is 6.43. The first-order chi connectivity index (χ1) is 8.74. The zero-order valence-corrected chi connectivity index (χ0v) is 12.0. The molecule has 4 nitrogen and oxygen atoms in total. The van der Waals surface area contributed by atoms with E-state index in [2.05, 4.69) is 0 Å². The highest BCUT2D eigenvalue weighted by atomic mass is 35.5. The van der Waals surface area contributed by atoms with Crippen LogP contribution in [0.2, 0.25) is 10.0 Å². The van der Waals surface area contributed by atoms with Crippen LogP contribution in [0, 0.1) is 5.41 Å². The van der Waals surface area contributed by atoms with Gasteiger partial charge in [-0.1, -0.05) is 37.0 Å². The highest BCUT2D eigenvalue weighted by Gasteiger charge is 2.40. The maximum atomic E-state index is 10.5. The third kappa shape index (κ3) is 2.53. The van der Waals surface area contributed by atoms with Crippen molar-refractivity contribution in [3.05, 3.63) is 27.2 Å². The first kappa shape index (κ1) is 14.4. The first-order valence-electron chi connectivity index (χ1n) is 5.77. The third-order valence-corrected chi connectivity index (χ3v) is 4.17. The number of halogens is 2. The molecule has 1 aromatic carbocycles. The quantitative estimate of drug-likeness (QED) is 0.900. The van der Waals surface area contributed by atoms with Gasteiger partial charge in [0.15, 0.2) is 6.61 Å². The van der Waals surface area contributed by atoms with E-state index in [9.17, 15) is 9.90 Å². The van der Waals surface area contributed by atoms with Crippen molar-refractivity contribution < 1.29 is 19.7 Å². The van der Waals surface area contributed by atoms with Crippen molar-refractivity contribution in [1.82, 2.24) is 0 Å². The summed E-state index contributed by atoms with van der Waals surface area (Å²) in [7, 11) is 0. The summed E-state index contributed by atoms with van der Waals surface area (Å²) in [5.41, 5.74) is 1.12. The lowest BCUT2D eigenvalue weighted by Crippen LogP contribution is -2.17. The average molecular weight is 305 g/mol. The van der Waals surface area contributed by atoms with Crippen molar-refractivity contribution in [3.63, 3.8) is 0 Å². The second-order valence-electron chi connectivity index (χ2n) is 5.33. The Bertz CT molecular complexity index is 540. The zero-order valence-electron chi connectivity index (χ0n) is 10.5. The van der Waals surface area contributed by atoms with E-state index in [0.29, 0.717) is 12.0 Å². The van der Waals surface area contributed by atoms with Crippen LogP contribution in [0.1, 0.15) is 31.1 Å². The van der Waals surface area contributed by atoms with Crippen LogP contribution in [0.15, 0.2) is 6.07 Å². The highest BCUT2D eigenvalue weighted by Crippen LogP contribution is 2.51. The molecule has 0 spiro atoms. The van der Waals surface area contributed by atoms with Crippen molar-refractivity contribution in [2.75, 3.05) is 6.61 Å². The van der Waals surface area contributed by atoms with Gasteiger partial charge in [0.05, 0.1) is 11.1 Å². The number of aliphatic hydroxyl groups excluding tert-OH is 1. The standard InChI is InChI=1S/C13H14Cl2O4/c1-13(2)4-6-3-7(19-5-8(16)17)10(14)11(15)9(6)12(13)18/h3,12,18H,4-5H2,1-2H3,(H,16,17). The fourth-order valence-corrected chi connectivity index (χ4v) is 2.86. The predicted molar refractivity (Wildman–Crippen MR) is 72.0 cm³/mol. The van der Waals surface area contributed by atoms with Crippen LogP contribution < -0.4 is 4.74 Å². The number of aliphatic hydroxyl groups is 1. The van der Waals surface area contributed by atoms with Gasteiger partial charge < -0.3 is 14.9 Å². The summed E-state index contributed by atoms with van der Waals surface area (Å²) in [6, 6.07) is 1.66. The third-order valence-electron chi connectivity index (χ3n) is 3.31. The Morgan fingerprint density at radius 2 is 2.11 bits per heavy atom. The Balaban J connectivity index is 2.43. The number of carboxylic acid groups (broad SMARTS) is 1. The summed E-state index contributed by atoms with van der Waals surface area (Å²) in [6.07, 6.45) is -0.0647. The maximum absolute atomic E-state index is 10.5. The molecule has 1 atom stereocenters. The predicted octanol–water partition coefficient (Wildman–Crippen LogP) is 3.07. The fraction of sp³-hybridized carbons (Fsp3) is 0.462. The van der Waals surface area contributed by atoms with Crippen molar-refractivity contribution in [2.45, 2.75) is 26.4 Å². The normalized spacial score (nSPS) is 20.2. The second kappa shape index (κ2) is 4.85. The monoisotopic (exact) mass is 304 g/mol. The number of aliphatic carboxylic acids is 1. The smallest absolute Gasteiger partial charge is 0.341 e. The summed E-state index contributed by atoms with van der Waals surface area (Å²) in [5.74, 6) is -0.856. The number of carboxylic acids is 1. The van der Waals surface area contributed by atoms with Crippen molar-refractivity contribution in [3.8, 4) is 5.75 Å². The number of fused-ring (bicyclic) bond motifs is 1. The number of rotatable bonds is 3. The van der Waals surface area contributed by atoms with Crippen LogP contribution in [0.4, 0.5) is 0 Å². The van der Waals surface area contributed by atoms with Gasteiger partial charge in [-0.2, -0.15) is 0 Å². The molecule has 104 valence electrons. The van der Waals surface area contributed by atoms with Gasteiger partial charge >= 0.3 is 5.97 Å². The van der Waals surface area contributed by atoms with E-state index >= 15 is 0 Å². The first-order valence-corrected chi connectivity index (χ1v) is 6.53. The molecule has 1 aliphatic rings. The molecule has 1 aromatic rings. The fourth-order valence-electron chi connectivity index (χ4n) is 2.33. The van der Waals surface area contributed by atoms with E-state index in [4.69, 9.17) is 33.0 Å². The Hall–Kier alpha value is -0.970. The Labute approximate surface area is 120 Å². The minimum absolute atomic E-state index is 0.137. The summed E-state index contributed by atoms with van der Waals surface area (Å²) in [4.78, 5) is 10.5. The Morgan fingerprint density at radius 3 is 2.68 bits per heavy atom. The number of carbonyl (C=O) groups is 1. The van der Waals surface area contributed by atoms with Crippen molar-refractivity contribution in [1.29, 1.82) is 0 Å². The molecule has 0 radical (unpaired) electrons. The molecule has 19 heavy (non-hydrogen) atoms. The van der Waals surface area contributed by atoms with E-state index in [0.717, 1.165) is 5.56 Å². The molecule has 1 aliphatic carbocycles. The van der Waals surface area contributed by atoms with Crippen LogP contribution in [-0.4, -0.2) is 22.8 Å². The molecule has 0 saturated carbocycles. The molecule has 0 amide bonds. The Kier molecular flexibility index (Phi) is 3.69. The van der Waals surface area contributed by atoms with Gasteiger partial charge in [-0.05, 0) is 23.5 Å². The van der Waals surface area contributed by atoms with Crippen LogP contribution in [0.25, 0.3) is 0 Å². The number of benzene rings is 1. The van der Waals surface area contributed by atoms with Gasteiger partial charge in [0.25, 0.3) is 0 Å². The van der Waals surface area contributed by atoms with Crippen molar-refractivity contribution >= 4 is 29.2 Å². The van der Waals surface area contributed by atoms with E-state index in [-0.39, 0.29) is 21.2 Å². The molecule has 0 fully saturated rings. The summed E-state index contributed by atoms with van der Waals surface area (Å²) >= 11 is 12.2. The van der Waals surface area contributed by atoms with Gasteiger partial charge in [0.2, 0.25) is 0 Å². The lowest BCUT2D eigenvalue weighted by Gasteiger charge is -2.22. The van der Waals surface area contributed by atoms with Crippen LogP contribution in [-0.2, 0) is 11.2 Å². The molecule has 0 heterocycles. The van der Waals surface area contributed by atoms with Gasteiger partial charge in [-0.3, -0.25) is 0 Å². The number of ether oxygens (including phenoxy) is 1. The number of hydrogen-bond donors (Lipinski definition) is 2. The van der Waals surface area contributed by atoms with E-state index < -0.39 is 18.7 Å². The van der Waals surface area contributed by atoms with Gasteiger partial charge in [-0.15, -0.1) is 0 Å². The van der Waals surface area contributed by atoms with E-state index in [1.807, 2.05) is 13.8 Å². The zero-order chi connectivity index (χ0) is 14.4. The molecule has 6 heteroatoms. The van der Waals surface area contributed by atoms with Crippen LogP contribution >= 0.6 is 23.2 Å². The van der Waals surface area contributed by atoms with Crippen LogP contribution in [0.3, 0.4) is 0 Å². The largest absolute Gasteiger partial charge is 0.480 e. The maximum Gasteiger partial charge on any atom is 0.341 e. The van der Waals surface area contributed by atoms with E-state index in [1.54, 1.807) is 6.07 Å². The van der Waals surface area contributed by atoms with E-state index in [1.165, 1.54) is 0 Å².